The number of rotatable bonds is 1. The summed E-state index contributed by atoms with van der Waals surface area (Å²) in [5.74, 6) is 0.808. The highest BCUT2D eigenvalue weighted by Crippen LogP contribution is 2.39. The zero-order chi connectivity index (χ0) is 13.6. The van der Waals surface area contributed by atoms with Gasteiger partial charge in [0.1, 0.15) is 0 Å². The highest BCUT2D eigenvalue weighted by molar-refractivity contribution is 7.71. The molecule has 0 unspecified atom stereocenters. The summed E-state index contributed by atoms with van der Waals surface area (Å²) in [5, 5.41) is 9.56. The highest BCUT2D eigenvalue weighted by Gasteiger charge is 2.23. The minimum absolute atomic E-state index is 0.118. The molecule has 0 atom stereocenters. The Morgan fingerprint density at radius 3 is 2.95 bits per heavy atom. The number of halogens is 1. The van der Waals surface area contributed by atoms with E-state index in [1.807, 2.05) is 0 Å². The van der Waals surface area contributed by atoms with Crippen molar-refractivity contribution in [2.45, 2.75) is 13.0 Å². The number of benzene rings is 1. The Bertz CT molecular complexity index is 782. The van der Waals surface area contributed by atoms with Crippen LogP contribution < -0.4 is 10.3 Å². The van der Waals surface area contributed by atoms with Crippen LogP contribution in [-0.4, -0.2) is 15.1 Å². The number of aliphatic hydroxyl groups is 1. The largest absolute Gasteiger partial charge is 0.439 e. The molecule has 19 heavy (non-hydrogen) atoms. The number of nitrogens with one attached hydrogen (secondary N) is 2. The van der Waals surface area contributed by atoms with E-state index in [1.54, 1.807) is 12.1 Å². The van der Waals surface area contributed by atoms with Crippen LogP contribution in [0.1, 0.15) is 16.7 Å². The summed E-state index contributed by atoms with van der Waals surface area (Å²) in [6, 6.07) is 3.40. The third kappa shape index (κ3) is 2.07. The first-order chi connectivity index (χ1) is 9.08. The van der Waals surface area contributed by atoms with Crippen molar-refractivity contribution in [1.29, 1.82) is 0 Å². The number of ether oxygens (including phenoxy) is 1. The fourth-order valence-corrected chi connectivity index (χ4v) is 2.57. The van der Waals surface area contributed by atoms with Gasteiger partial charge in [-0.1, -0.05) is 11.6 Å². The standard InChI is InChI=1S/C12H9ClN2O3S/c13-8-2-5(4-16)1-6-3-7-10(17)14-12(19)15-11(7)18-9(6)8/h1-2,16H,3-4H2,(H2,14,15,17,19). The van der Waals surface area contributed by atoms with Crippen LogP contribution in [0.15, 0.2) is 16.9 Å². The molecule has 1 aliphatic heterocycles. The minimum Gasteiger partial charge on any atom is -0.439 e. The van der Waals surface area contributed by atoms with Crippen molar-refractivity contribution in [3.63, 3.8) is 0 Å². The Hall–Kier alpha value is -1.63. The van der Waals surface area contributed by atoms with Crippen molar-refractivity contribution < 1.29 is 9.84 Å². The summed E-state index contributed by atoms with van der Waals surface area (Å²) in [7, 11) is 0. The lowest BCUT2D eigenvalue weighted by molar-refractivity contribution is 0.281. The van der Waals surface area contributed by atoms with E-state index in [-0.39, 0.29) is 16.9 Å². The molecule has 0 fully saturated rings. The molecule has 0 aliphatic carbocycles. The van der Waals surface area contributed by atoms with Gasteiger partial charge in [-0.05, 0) is 29.9 Å². The van der Waals surface area contributed by atoms with Gasteiger partial charge < -0.3 is 14.8 Å². The number of aromatic nitrogens is 2. The monoisotopic (exact) mass is 296 g/mol. The number of hydrogen-bond acceptors (Lipinski definition) is 4. The lowest BCUT2D eigenvalue weighted by Crippen LogP contribution is -2.19. The van der Waals surface area contributed by atoms with E-state index in [4.69, 9.17) is 33.7 Å². The van der Waals surface area contributed by atoms with E-state index in [0.29, 0.717) is 34.2 Å². The van der Waals surface area contributed by atoms with E-state index in [0.717, 1.165) is 5.56 Å². The molecular weight excluding hydrogens is 288 g/mol. The molecule has 0 spiro atoms. The number of aromatic amines is 2. The van der Waals surface area contributed by atoms with Crippen LogP contribution in [0, 0.1) is 4.77 Å². The van der Waals surface area contributed by atoms with Gasteiger partial charge in [0.05, 0.1) is 17.2 Å². The molecule has 1 aromatic carbocycles. The second-order valence-electron chi connectivity index (χ2n) is 4.22. The average molecular weight is 297 g/mol. The molecule has 7 heteroatoms. The zero-order valence-corrected chi connectivity index (χ0v) is 11.2. The van der Waals surface area contributed by atoms with Gasteiger partial charge in [0.15, 0.2) is 10.5 Å². The molecular formula is C12H9ClN2O3S. The molecule has 0 saturated carbocycles. The van der Waals surface area contributed by atoms with Crippen LogP contribution in [0.2, 0.25) is 5.02 Å². The van der Waals surface area contributed by atoms with Crippen LogP contribution in [0.4, 0.5) is 0 Å². The first kappa shape index (κ1) is 12.4. The van der Waals surface area contributed by atoms with E-state index < -0.39 is 0 Å². The first-order valence-corrected chi connectivity index (χ1v) is 6.32. The molecule has 0 radical (unpaired) electrons. The molecule has 98 valence electrons. The second kappa shape index (κ2) is 4.48. The summed E-state index contributed by atoms with van der Waals surface area (Å²) >= 11 is 11.0. The summed E-state index contributed by atoms with van der Waals surface area (Å²) in [4.78, 5) is 17.1. The van der Waals surface area contributed by atoms with Crippen LogP contribution in [0.5, 0.6) is 11.6 Å². The predicted molar refractivity (Wildman–Crippen MR) is 72.5 cm³/mol. The first-order valence-electron chi connectivity index (χ1n) is 5.54. The van der Waals surface area contributed by atoms with Gasteiger partial charge in [-0.3, -0.25) is 9.78 Å². The zero-order valence-electron chi connectivity index (χ0n) is 9.62. The quantitative estimate of drug-likeness (QED) is 0.602. The second-order valence-corrected chi connectivity index (χ2v) is 5.03. The predicted octanol–water partition coefficient (Wildman–Crippen LogP) is 2.27. The maximum Gasteiger partial charge on any atom is 0.259 e. The topological polar surface area (TPSA) is 78.1 Å². The van der Waals surface area contributed by atoms with Crippen LogP contribution in [0.25, 0.3) is 0 Å². The maximum atomic E-state index is 11.8. The van der Waals surface area contributed by atoms with E-state index >= 15 is 0 Å². The summed E-state index contributed by atoms with van der Waals surface area (Å²) in [6.07, 6.45) is 0.375. The SMILES string of the molecule is O=c1[nH]c(=S)[nH]c2c1Cc1cc(CO)cc(Cl)c1O2. The third-order valence-corrected chi connectivity index (χ3v) is 3.42. The maximum absolute atomic E-state index is 11.8. The van der Waals surface area contributed by atoms with Crippen LogP contribution in [0.3, 0.4) is 0 Å². The van der Waals surface area contributed by atoms with E-state index in [1.165, 1.54) is 0 Å². The lowest BCUT2D eigenvalue weighted by atomic mass is 10.0. The Kier molecular flexibility index (Phi) is 2.93. The molecule has 0 bridgehead atoms. The van der Waals surface area contributed by atoms with Gasteiger partial charge in [-0.2, -0.15) is 0 Å². The Morgan fingerprint density at radius 1 is 1.42 bits per heavy atom. The van der Waals surface area contributed by atoms with Crippen LogP contribution in [-0.2, 0) is 13.0 Å². The van der Waals surface area contributed by atoms with Gasteiger partial charge in [-0.25, -0.2) is 0 Å². The Morgan fingerprint density at radius 2 is 2.21 bits per heavy atom. The molecule has 2 aromatic rings. The van der Waals surface area contributed by atoms with Crippen molar-refractivity contribution in [3.05, 3.63) is 49.0 Å². The Balaban J connectivity index is 2.19. The number of fused-ring (bicyclic) bond motifs is 2. The summed E-state index contributed by atoms with van der Waals surface area (Å²) in [5.41, 5.74) is 1.62. The molecule has 0 amide bonds. The lowest BCUT2D eigenvalue weighted by Gasteiger charge is -2.20. The van der Waals surface area contributed by atoms with E-state index in [2.05, 4.69) is 9.97 Å². The minimum atomic E-state index is -0.282. The van der Waals surface area contributed by atoms with Gasteiger partial charge in [-0.15, -0.1) is 0 Å². The molecule has 3 rings (SSSR count). The molecule has 2 heterocycles. The number of H-pyrrole nitrogens is 2. The number of hydrogen-bond donors (Lipinski definition) is 3. The molecule has 5 nitrogen and oxygen atoms in total. The molecule has 1 aromatic heterocycles. The van der Waals surface area contributed by atoms with Gasteiger partial charge in [0.25, 0.3) is 5.56 Å². The molecule has 1 aliphatic rings. The van der Waals surface area contributed by atoms with Gasteiger partial charge in [0, 0.05) is 12.0 Å². The smallest absolute Gasteiger partial charge is 0.259 e. The highest BCUT2D eigenvalue weighted by atomic mass is 35.5. The fourth-order valence-electron chi connectivity index (χ4n) is 2.08. The average Bonchev–Trinajstić information content (AvgIpc) is 2.37. The normalized spacial score (nSPS) is 12.5. The van der Waals surface area contributed by atoms with Gasteiger partial charge >= 0.3 is 0 Å². The number of aliphatic hydroxyl groups excluding tert-OH is 1. The van der Waals surface area contributed by atoms with Gasteiger partial charge in [0.2, 0.25) is 5.88 Å². The molecule has 3 N–H and O–H groups in total. The van der Waals surface area contributed by atoms with Crippen molar-refractivity contribution in [2.24, 2.45) is 0 Å². The van der Waals surface area contributed by atoms with Crippen molar-refractivity contribution in [1.82, 2.24) is 9.97 Å². The Labute approximate surface area is 117 Å². The molecule has 0 saturated heterocycles. The third-order valence-electron chi connectivity index (χ3n) is 2.94. The van der Waals surface area contributed by atoms with Crippen molar-refractivity contribution in [2.75, 3.05) is 0 Å². The van der Waals surface area contributed by atoms with Crippen LogP contribution >= 0.6 is 23.8 Å². The van der Waals surface area contributed by atoms with Crippen molar-refractivity contribution >= 4 is 23.8 Å². The van der Waals surface area contributed by atoms with Crippen molar-refractivity contribution in [3.8, 4) is 11.6 Å². The van der Waals surface area contributed by atoms with E-state index in [9.17, 15) is 4.79 Å². The summed E-state index contributed by atoms with van der Waals surface area (Å²) < 4.78 is 5.82. The summed E-state index contributed by atoms with van der Waals surface area (Å²) in [6.45, 7) is -0.118. The fraction of sp³-hybridized carbons (Fsp3) is 0.167.